The standard InChI is InChI=1S/C4H12N3/c1-6(2)4-7(3)5/h1,4-5H2,2-3H3/q+1. The highest BCUT2D eigenvalue weighted by molar-refractivity contribution is 5.13. The van der Waals surface area contributed by atoms with E-state index < -0.39 is 0 Å². The Kier molecular flexibility index (Phi) is 2.55. The van der Waals surface area contributed by atoms with Gasteiger partial charge in [0.05, 0.1) is 0 Å². The van der Waals surface area contributed by atoms with Crippen LogP contribution in [0.1, 0.15) is 0 Å². The van der Waals surface area contributed by atoms with Crippen molar-refractivity contribution in [2.24, 2.45) is 5.84 Å². The monoisotopic (exact) mass is 102 g/mol. The van der Waals surface area contributed by atoms with E-state index in [1.165, 1.54) is 0 Å². The van der Waals surface area contributed by atoms with Crippen molar-refractivity contribution in [2.75, 3.05) is 20.8 Å². The number of hydrogen-bond acceptors (Lipinski definition) is 2. The van der Waals surface area contributed by atoms with Crippen molar-refractivity contribution in [1.82, 2.24) is 5.01 Å². The number of nitrogens with zero attached hydrogens (tertiary/aromatic N) is 2. The fraction of sp³-hybridized carbons (Fsp3) is 0.750. The zero-order valence-electron chi connectivity index (χ0n) is 4.89. The van der Waals surface area contributed by atoms with Crippen LogP contribution in [0.4, 0.5) is 0 Å². The molecule has 0 saturated heterocycles. The number of hydrogen-bond donors (Lipinski definition) is 1. The van der Waals surface area contributed by atoms with Crippen molar-refractivity contribution >= 4 is 6.72 Å². The van der Waals surface area contributed by atoms with Crippen LogP contribution in [0.3, 0.4) is 0 Å². The van der Waals surface area contributed by atoms with Crippen molar-refractivity contribution in [3.05, 3.63) is 0 Å². The van der Waals surface area contributed by atoms with E-state index in [9.17, 15) is 0 Å². The molecule has 0 saturated carbocycles. The van der Waals surface area contributed by atoms with Crippen LogP contribution in [0.5, 0.6) is 0 Å². The maximum atomic E-state index is 5.24. The van der Waals surface area contributed by atoms with Crippen molar-refractivity contribution < 1.29 is 4.58 Å². The number of rotatable bonds is 2. The van der Waals surface area contributed by atoms with E-state index >= 15 is 0 Å². The third-order valence-electron chi connectivity index (χ3n) is 0.464. The molecule has 42 valence electrons. The average molecular weight is 102 g/mol. The van der Waals surface area contributed by atoms with Gasteiger partial charge < -0.3 is 0 Å². The molecule has 2 N–H and O–H groups in total. The van der Waals surface area contributed by atoms with Crippen LogP contribution < -0.4 is 5.84 Å². The number of nitrogens with two attached hydrogens (primary N) is 1. The van der Waals surface area contributed by atoms with E-state index in [2.05, 4.69) is 6.72 Å². The quantitative estimate of drug-likeness (QED) is 0.161. The smallest absolute Gasteiger partial charge is 0.210 e. The molecule has 0 unspecified atom stereocenters. The van der Waals surface area contributed by atoms with Gasteiger partial charge in [-0.15, -0.1) is 0 Å². The Hall–Kier alpha value is -0.410. The molecule has 0 fully saturated rings. The van der Waals surface area contributed by atoms with Gasteiger partial charge in [0.2, 0.25) is 6.67 Å². The van der Waals surface area contributed by atoms with Crippen molar-refractivity contribution in [2.45, 2.75) is 0 Å². The van der Waals surface area contributed by atoms with Crippen LogP contribution in [0.25, 0.3) is 0 Å². The highest BCUT2D eigenvalue weighted by Crippen LogP contribution is 1.63. The van der Waals surface area contributed by atoms with Gasteiger partial charge in [-0.05, 0) is 0 Å². The zero-order valence-corrected chi connectivity index (χ0v) is 4.89. The molecular weight excluding hydrogens is 90.1 g/mol. The first-order chi connectivity index (χ1) is 3.13. The Bertz CT molecular complexity index is 67.3. The van der Waals surface area contributed by atoms with Crippen molar-refractivity contribution in [3.8, 4) is 0 Å². The second-order valence-electron chi connectivity index (χ2n) is 1.75. The van der Waals surface area contributed by atoms with Crippen LogP contribution in [-0.4, -0.2) is 37.1 Å². The largest absolute Gasteiger partial charge is 0.264 e. The van der Waals surface area contributed by atoms with Crippen LogP contribution in [0.15, 0.2) is 0 Å². The second kappa shape index (κ2) is 2.71. The molecule has 0 amide bonds. The van der Waals surface area contributed by atoms with Gasteiger partial charge in [0.1, 0.15) is 13.8 Å². The molecule has 7 heavy (non-hydrogen) atoms. The van der Waals surface area contributed by atoms with Crippen LogP contribution in [0, 0.1) is 0 Å². The Balaban J connectivity index is 3.13. The molecule has 0 aromatic carbocycles. The summed E-state index contributed by atoms with van der Waals surface area (Å²) in [4.78, 5) is 0. The molecule has 0 bridgehead atoms. The molecule has 0 aliphatic carbocycles. The minimum atomic E-state index is 0.694. The van der Waals surface area contributed by atoms with Crippen molar-refractivity contribution in [1.29, 1.82) is 0 Å². The van der Waals surface area contributed by atoms with E-state index in [1.54, 1.807) is 16.6 Å². The lowest BCUT2D eigenvalue weighted by atomic mass is 10.9. The SMILES string of the molecule is C=[N+](C)CN(C)N. The van der Waals surface area contributed by atoms with Gasteiger partial charge in [0.15, 0.2) is 0 Å². The second-order valence-corrected chi connectivity index (χ2v) is 1.75. The maximum absolute atomic E-state index is 5.24. The van der Waals surface area contributed by atoms with Crippen LogP contribution in [0.2, 0.25) is 0 Å². The number of hydrazine groups is 1. The van der Waals surface area contributed by atoms with Gasteiger partial charge in [0.25, 0.3) is 0 Å². The predicted octanol–water partition coefficient (Wildman–Crippen LogP) is -0.908. The summed E-state index contributed by atoms with van der Waals surface area (Å²) < 4.78 is 1.75. The normalized spacial score (nSPS) is 9.71. The molecule has 0 aromatic rings. The highest BCUT2D eigenvalue weighted by atomic mass is 15.4. The molecule has 3 nitrogen and oxygen atoms in total. The van der Waals surface area contributed by atoms with E-state index in [4.69, 9.17) is 5.84 Å². The molecular formula is C4H12N3+. The summed E-state index contributed by atoms with van der Waals surface area (Å²) in [6.07, 6.45) is 0. The summed E-state index contributed by atoms with van der Waals surface area (Å²) in [7, 11) is 3.66. The lowest BCUT2D eigenvalue weighted by Crippen LogP contribution is -2.32. The summed E-state index contributed by atoms with van der Waals surface area (Å²) in [5.41, 5.74) is 0. The molecule has 0 aliphatic rings. The summed E-state index contributed by atoms with van der Waals surface area (Å²) in [6, 6.07) is 0. The Morgan fingerprint density at radius 1 is 1.86 bits per heavy atom. The molecule has 0 radical (unpaired) electrons. The Morgan fingerprint density at radius 3 is 2.29 bits per heavy atom. The van der Waals surface area contributed by atoms with Crippen LogP contribution in [-0.2, 0) is 0 Å². The molecule has 0 atom stereocenters. The minimum Gasteiger partial charge on any atom is -0.264 e. The first-order valence-electron chi connectivity index (χ1n) is 2.10. The predicted molar refractivity (Wildman–Crippen MR) is 30.1 cm³/mol. The minimum absolute atomic E-state index is 0.694. The topological polar surface area (TPSA) is 32.3 Å². The molecule has 0 aromatic heterocycles. The van der Waals surface area contributed by atoms with E-state index in [0.29, 0.717) is 6.67 Å². The van der Waals surface area contributed by atoms with Gasteiger partial charge >= 0.3 is 0 Å². The van der Waals surface area contributed by atoms with E-state index in [1.807, 2.05) is 7.05 Å². The third kappa shape index (κ3) is 5.59. The summed E-state index contributed by atoms with van der Waals surface area (Å²) >= 11 is 0. The molecule has 0 aliphatic heterocycles. The first-order valence-corrected chi connectivity index (χ1v) is 2.10. The molecule has 0 rings (SSSR count). The van der Waals surface area contributed by atoms with Gasteiger partial charge in [-0.3, -0.25) is 5.84 Å². The maximum Gasteiger partial charge on any atom is 0.210 e. The third-order valence-corrected chi connectivity index (χ3v) is 0.464. The Morgan fingerprint density at radius 2 is 2.29 bits per heavy atom. The lowest BCUT2D eigenvalue weighted by molar-refractivity contribution is -0.511. The van der Waals surface area contributed by atoms with Gasteiger partial charge in [-0.2, -0.15) is 5.01 Å². The first kappa shape index (κ1) is 6.59. The summed E-state index contributed by atoms with van der Waals surface area (Å²) in [6.45, 7) is 4.28. The fourth-order valence-electron chi connectivity index (χ4n) is 0.381. The molecule has 0 spiro atoms. The van der Waals surface area contributed by atoms with Gasteiger partial charge in [0, 0.05) is 7.05 Å². The fourth-order valence-corrected chi connectivity index (χ4v) is 0.381. The zero-order chi connectivity index (χ0) is 5.86. The van der Waals surface area contributed by atoms with Crippen molar-refractivity contribution in [3.63, 3.8) is 0 Å². The van der Waals surface area contributed by atoms with Gasteiger partial charge in [-0.25, -0.2) is 4.58 Å². The highest BCUT2D eigenvalue weighted by Gasteiger charge is 1.90. The molecule has 3 heteroatoms. The Labute approximate surface area is 44.0 Å². The summed E-state index contributed by atoms with van der Waals surface area (Å²) in [5, 5.41) is 1.56. The van der Waals surface area contributed by atoms with Gasteiger partial charge in [-0.1, -0.05) is 0 Å². The molecule has 0 heterocycles. The van der Waals surface area contributed by atoms with Crippen LogP contribution >= 0.6 is 0 Å². The summed E-state index contributed by atoms with van der Waals surface area (Å²) in [5.74, 6) is 5.24. The van der Waals surface area contributed by atoms with E-state index in [-0.39, 0.29) is 0 Å². The average Bonchev–Trinajstić information content (AvgIpc) is 1.27. The van der Waals surface area contributed by atoms with E-state index in [0.717, 1.165) is 0 Å². The lowest BCUT2D eigenvalue weighted by Gasteiger charge is -2.02.